The van der Waals surface area contributed by atoms with E-state index in [1.165, 1.54) is 0 Å². The van der Waals surface area contributed by atoms with E-state index in [4.69, 9.17) is 22.4 Å². The Morgan fingerprint density at radius 2 is 1.93 bits per heavy atom. The molecule has 0 amide bonds. The average molecular weight is 233 g/mol. The lowest BCUT2D eigenvalue weighted by Crippen LogP contribution is -1.90. The van der Waals surface area contributed by atoms with Crippen LogP contribution in [-0.4, -0.2) is 22.4 Å². The van der Waals surface area contributed by atoms with Crippen LogP contribution in [0.15, 0.2) is 24.3 Å². The van der Waals surface area contributed by atoms with E-state index in [0.29, 0.717) is 17.2 Å². The van der Waals surface area contributed by atoms with Crippen LogP contribution in [0, 0.1) is 4.91 Å². The monoisotopic (exact) mass is 233 g/mol. The van der Waals surface area contributed by atoms with Gasteiger partial charge in [-0.15, -0.1) is 0 Å². The Hall–Kier alpha value is -1.51. The normalized spacial score (nSPS) is 13.6. The summed E-state index contributed by atoms with van der Waals surface area (Å²) in [5, 5.41) is 0. The standard InChI is InChI=1S/C7H6NO2.H2O4S/c9-8-7-4-2-1-3-6(7)5-10-8;1-5(2,3)4/h1-4H,5H2;(H2,1,2,3,4)/q+1;/p-1. The zero-order valence-corrected chi connectivity index (χ0v) is 8.18. The minimum atomic E-state index is -4.92. The molecule has 1 aromatic rings. The summed E-state index contributed by atoms with van der Waals surface area (Å²) in [6, 6.07) is 7.34. The second-order valence-corrected chi connectivity index (χ2v) is 3.44. The molecule has 1 heterocycles. The molecular weight excluding hydrogens is 226 g/mol. The van der Waals surface area contributed by atoms with Gasteiger partial charge < -0.3 is 4.55 Å². The van der Waals surface area contributed by atoms with Gasteiger partial charge in [-0.05, 0) is 6.07 Å². The highest BCUT2D eigenvalue weighted by molar-refractivity contribution is 7.79. The van der Waals surface area contributed by atoms with Crippen LogP contribution in [0.1, 0.15) is 5.56 Å². The van der Waals surface area contributed by atoms with Crippen molar-refractivity contribution < 1.29 is 27.3 Å². The minimum Gasteiger partial charge on any atom is -0.726 e. The minimum absolute atomic E-state index is 0.402. The van der Waals surface area contributed by atoms with E-state index in [2.05, 4.69) is 0 Å². The molecule has 0 fully saturated rings. The number of benzene rings is 1. The van der Waals surface area contributed by atoms with Gasteiger partial charge in [0.15, 0.2) is 6.61 Å². The fourth-order valence-electron chi connectivity index (χ4n) is 1.01. The first kappa shape index (κ1) is 11.6. The first-order chi connectivity index (χ1) is 6.88. The molecule has 0 spiro atoms. The predicted octanol–water partition coefficient (Wildman–Crippen LogP) is 0.547. The van der Waals surface area contributed by atoms with Crippen molar-refractivity contribution >= 4 is 16.1 Å². The summed E-state index contributed by atoms with van der Waals surface area (Å²) < 4.78 is 32.8. The van der Waals surface area contributed by atoms with Crippen molar-refractivity contribution in [1.29, 1.82) is 0 Å². The summed E-state index contributed by atoms with van der Waals surface area (Å²) in [6.45, 7) is 0.402. The predicted molar refractivity (Wildman–Crippen MR) is 46.8 cm³/mol. The maximum absolute atomic E-state index is 10.8. The Bertz CT molecular complexity index is 460. The van der Waals surface area contributed by atoms with Crippen LogP contribution in [-0.2, 0) is 21.8 Å². The van der Waals surface area contributed by atoms with E-state index in [1.807, 2.05) is 18.2 Å². The third kappa shape index (κ3) is 4.02. The Balaban J connectivity index is 0.000000195. The lowest BCUT2D eigenvalue weighted by Gasteiger charge is -1.88. The molecule has 8 heteroatoms. The second kappa shape index (κ2) is 4.34. The van der Waals surface area contributed by atoms with Crippen LogP contribution >= 0.6 is 0 Å². The molecule has 0 saturated carbocycles. The molecule has 0 aliphatic carbocycles. The van der Waals surface area contributed by atoms with Gasteiger partial charge in [0.05, 0.1) is 10.5 Å². The molecule has 82 valence electrons. The lowest BCUT2D eigenvalue weighted by atomic mass is 10.2. The third-order valence-corrected chi connectivity index (χ3v) is 1.53. The molecule has 0 saturated heterocycles. The van der Waals surface area contributed by atoms with E-state index >= 15 is 0 Å². The number of nitrogens with zero attached hydrogens (tertiary/aromatic N) is 1. The van der Waals surface area contributed by atoms with E-state index in [0.717, 1.165) is 5.56 Å². The molecule has 1 aliphatic rings. The van der Waals surface area contributed by atoms with Gasteiger partial charge in [0.2, 0.25) is 10.4 Å². The van der Waals surface area contributed by atoms with Crippen molar-refractivity contribution in [2.24, 2.45) is 0 Å². The molecular formula is C7H7NO6S. The smallest absolute Gasteiger partial charge is 0.323 e. The van der Waals surface area contributed by atoms with Gasteiger partial charge in [0.1, 0.15) is 0 Å². The molecule has 15 heavy (non-hydrogen) atoms. The van der Waals surface area contributed by atoms with E-state index < -0.39 is 10.4 Å². The number of rotatable bonds is 0. The number of hydrogen-bond donors (Lipinski definition) is 1. The molecule has 1 aromatic carbocycles. The van der Waals surface area contributed by atoms with Crippen molar-refractivity contribution in [3.63, 3.8) is 0 Å². The third-order valence-electron chi connectivity index (χ3n) is 1.53. The van der Waals surface area contributed by atoms with Crippen LogP contribution in [0.25, 0.3) is 0 Å². The Morgan fingerprint density at radius 1 is 1.40 bits per heavy atom. The molecule has 0 aromatic heterocycles. The topological polar surface area (TPSA) is 107 Å². The highest BCUT2D eigenvalue weighted by atomic mass is 32.3. The van der Waals surface area contributed by atoms with Crippen LogP contribution in [0.3, 0.4) is 0 Å². The van der Waals surface area contributed by atoms with E-state index in [1.54, 1.807) is 6.07 Å². The fourth-order valence-corrected chi connectivity index (χ4v) is 1.01. The zero-order valence-electron chi connectivity index (χ0n) is 7.36. The van der Waals surface area contributed by atoms with Crippen LogP contribution < -0.4 is 0 Å². The van der Waals surface area contributed by atoms with Crippen molar-refractivity contribution in [3.05, 3.63) is 34.7 Å². The number of fused-ring (bicyclic) bond motifs is 1. The summed E-state index contributed by atoms with van der Waals surface area (Å²) in [5.74, 6) is 0. The first-order valence-corrected chi connectivity index (χ1v) is 5.11. The van der Waals surface area contributed by atoms with E-state index in [9.17, 15) is 4.91 Å². The maximum atomic E-state index is 10.8. The molecule has 0 unspecified atom stereocenters. The summed E-state index contributed by atoms with van der Waals surface area (Å²) in [7, 11) is -4.92. The summed E-state index contributed by atoms with van der Waals surface area (Å²) in [6.07, 6.45) is 0. The largest absolute Gasteiger partial charge is 0.726 e. The van der Waals surface area contributed by atoms with Gasteiger partial charge >= 0.3 is 5.69 Å². The molecule has 0 radical (unpaired) electrons. The van der Waals surface area contributed by atoms with Gasteiger partial charge in [-0.25, -0.2) is 13.3 Å². The van der Waals surface area contributed by atoms with Gasteiger partial charge in [-0.2, -0.15) is 0 Å². The Morgan fingerprint density at radius 3 is 2.47 bits per heavy atom. The fraction of sp³-hybridized carbons (Fsp3) is 0.143. The Kier molecular flexibility index (Phi) is 3.35. The van der Waals surface area contributed by atoms with Gasteiger partial charge in [-0.1, -0.05) is 12.1 Å². The van der Waals surface area contributed by atoms with E-state index in [-0.39, 0.29) is 0 Å². The molecule has 0 bridgehead atoms. The number of para-hydroxylation sites is 1. The van der Waals surface area contributed by atoms with Gasteiger partial charge in [-0.3, -0.25) is 4.55 Å². The average Bonchev–Trinajstić information content (AvgIpc) is 2.46. The molecule has 0 atom stereocenters. The van der Waals surface area contributed by atoms with Gasteiger partial charge in [0, 0.05) is 6.07 Å². The van der Waals surface area contributed by atoms with Gasteiger partial charge in [0.25, 0.3) is 4.92 Å². The van der Waals surface area contributed by atoms with Crippen LogP contribution in [0.4, 0.5) is 5.69 Å². The van der Waals surface area contributed by atoms with Crippen LogP contribution in [0.5, 0.6) is 0 Å². The van der Waals surface area contributed by atoms with Crippen molar-refractivity contribution in [1.82, 2.24) is 0 Å². The first-order valence-electron chi connectivity index (χ1n) is 3.74. The van der Waals surface area contributed by atoms with Crippen molar-refractivity contribution in [2.75, 3.05) is 0 Å². The maximum Gasteiger partial charge on any atom is 0.323 e. The van der Waals surface area contributed by atoms with Crippen LogP contribution in [0.2, 0.25) is 0 Å². The quantitative estimate of drug-likeness (QED) is 0.517. The molecule has 7 nitrogen and oxygen atoms in total. The zero-order chi connectivity index (χ0) is 11.5. The number of hydrogen-bond acceptors (Lipinski definition) is 5. The van der Waals surface area contributed by atoms with Crippen molar-refractivity contribution in [3.8, 4) is 0 Å². The lowest BCUT2D eigenvalue weighted by molar-refractivity contribution is -0.738. The summed E-state index contributed by atoms with van der Waals surface area (Å²) in [5.41, 5.74) is 1.58. The highest BCUT2D eigenvalue weighted by Gasteiger charge is 2.29. The molecule has 2 rings (SSSR count). The summed E-state index contributed by atoms with van der Waals surface area (Å²) in [4.78, 5) is 16.0. The molecule has 1 aliphatic heterocycles. The van der Waals surface area contributed by atoms with Crippen molar-refractivity contribution in [2.45, 2.75) is 6.61 Å². The summed E-state index contributed by atoms with van der Waals surface area (Å²) >= 11 is 0. The molecule has 1 N–H and O–H groups in total. The second-order valence-electron chi connectivity index (χ2n) is 2.59. The Labute approximate surface area is 85.4 Å². The highest BCUT2D eigenvalue weighted by Crippen LogP contribution is 2.25. The SMILES string of the molecule is O=S(=O)([O-])O.O=[N+]1OCc2ccccc21.